The number of hydrogen-bond acceptors (Lipinski definition) is 3. The molecule has 4 nitrogen and oxygen atoms in total. The Balaban J connectivity index is 2.10. The summed E-state index contributed by atoms with van der Waals surface area (Å²) in [5, 5.41) is 8.88. The molecule has 3 atom stereocenters. The van der Waals surface area contributed by atoms with E-state index in [1.54, 1.807) is 6.92 Å². The monoisotopic (exact) mass is 257 g/mol. The highest BCUT2D eigenvalue weighted by atomic mass is 16.5. The van der Waals surface area contributed by atoms with Crippen molar-refractivity contribution in [3.63, 3.8) is 0 Å². The molecule has 1 saturated carbocycles. The Labute approximate surface area is 110 Å². The van der Waals surface area contributed by atoms with Crippen LogP contribution in [-0.2, 0) is 9.53 Å². The van der Waals surface area contributed by atoms with Gasteiger partial charge >= 0.3 is 5.97 Å². The summed E-state index contributed by atoms with van der Waals surface area (Å²) < 4.78 is 5.88. The maximum Gasteiger partial charge on any atom is 0.323 e. The lowest BCUT2D eigenvalue weighted by Crippen LogP contribution is -2.44. The van der Waals surface area contributed by atoms with E-state index >= 15 is 0 Å². The molecule has 18 heavy (non-hydrogen) atoms. The minimum absolute atomic E-state index is 0.405. The van der Waals surface area contributed by atoms with Crippen LogP contribution < -0.4 is 5.73 Å². The third-order valence-corrected chi connectivity index (χ3v) is 3.94. The summed E-state index contributed by atoms with van der Waals surface area (Å²) in [5.74, 6) is -0.262. The molecule has 1 aliphatic rings. The Kier molecular flexibility index (Phi) is 6.09. The molecule has 0 radical (unpaired) electrons. The molecule has 0 saturated heterocycles. The van der Waals surface area contributed by atoms with Crippen LogP contribution in [0, 0.1) is 5.92 Å². The van der Waals surface area contributed by atoms with E-state index in [1.807, 2.05) is 0 Å². The average Bonchev–Trinajstić information content (AvgIpc) is 2.30. The summed E-state index contributed by atoms with van der Waals surface area (Å²) in [6.07, 6.45) is 7.65. The third kappa shape index (κ3) is 4.94. The van der Waals surface area contributed by atoms with Gasteiger partial charge in [-0.2, -0.15) is 0 Å². The van der Waals surface area contributed by atoms with Gasteiger partial charge in [0.15, 0.2) is 0 Å². The standard InChI is InChI=1S/C14H27NO3/c1-11-7-3-4-8-12(11)18-10-6-5-9-14(2,15)13(16)17/h11-12H,3-10,15H2,1-2H3,(H,16,17). The van der Waals surface area contributed by atoms with Gasteiger partial charge in [-0.25, -0.2) is 0 Å². The highest BCUT2D eigenvalue weighted by Gasteiger charge is 2.27. The van der Waals surface area contributed by atoms with Gasteiger partial charge in [0.1, 0.15) is 5.54 Å². The van der Waals surface area contributed by atoms with E-state index in [2.05, 4.69) is 6.92 Å². The second-order valence-electron chi connectivity index (χ2n) is 5.85. The van der Waals surface area contributed by atoms with E-state index < -0.39 is 11.5 Å². The molecule has 0 aromatic heterocycles. The molecule has 1 aliphatic carbocycles. The molecule has 0 aromatic rings. The van der Waals surface area contributed by atoms with Crippen LogP contribution >= 0.6 is 0 Å². The molecule has 0 amide bonds. The largest absolute Gasteiger partial charge is 0.480 e. The molecule has 3 N–H and O–H groups in total. The number of carboxylic acids is 1. The third-order valence-electron chi connectivity index (χ3n) is 3.94. The molecule has 3 unspecified atom stereocenters. The zero-order valence-electron chi connectivity index (χ0n) is 11.7. The van der Waals surface area contributed by atoms with Crippen molar-refractivity contribution in [2.45, 2.75) is 70.4 Å². The van der Waals surface area contributed by atoms with E-state index in [-0.39, 0.29) is 0 Å². The zero-order valence-corrected chi connectivity index (χ0v) is 11.7. The topological polar surface area (TPSA) is 72.5 Å². The molecule has 0 heterocycles. The first-order chi connectivity index (χ1) is 8.43. The fourth-order valence-corrected chi connectivity index (χ4v) is 2.47. The molecule has 4 heteroatoms. The molecule has 0 spiro atoms. The van der Waals surface area contributed by atoms with Gasteiger partial charge in [0, 0.05) is 6.61 Å². The lowest BCUT2D eigenvalue weighted by atomic mass is 9.88. The summed E-state index contributed by atoms with van der Waals surface area (Å²) in [7, 11) is 0. The first-order valence-corrected chi connectivity index (χ1v) is 7.07. The van der Waals surface area contributed by atoms with E-state index in [0.29, 0.717) is 18.4 Å². The smallest absolute Gasteiger partial charge is 0.323 e. The van der Waals surface area contributed by atoms with Crippen molar-refractivity contribution in [2.75, 3.05) is 6.61 Å². The Hall–Kier alpha value is -0.610. The van der Waals surface area contributed by atoms with Gasteiger partial charge in [-0.1, -0.05) is 19.8 Å². The van der Waals surface area contributed by atoms with Crippen molar-refractivity contribution >= 4 is 5.97 Å². The van der Waals surface area contributed by atoms with Crippen molar-refractivity contribution < 1.29 is 14.6 Å². The second-order valence-corrected chi connectivity index (χ2v) is 5.85. The summed E-state index contributed by atoms with van der Waals surface area (Å²) in [6.45, 7) is 4.55. The highest BCUT2D eigenvalue weighted by Crippen LogP contribution is 2.26. The lowest BCUT2D eigenvalue weighted by Gasteiger charge is -2.28. The molecule has 106 valence electrons. The minimum Gasteiger partial charge on any atom is -0.480 e. The van der Waals surface area contributed by atoms with Gasteiger partial charge in [0.05, 0.1) is 6.10 Å². The maximum absolute atomic E-state index is 10.8. The fraction of sp³-hybridized carbons (Fsp3) is 0.929. The summed E-state index contributed by atoms with van der Waals surface area (Å²) in [5.41, 5.74) is 4.57. The van der Waals surface area contributed by atoms with Gasteiger partial charge in [-0.3, -0.25) is 4.79 Å². The lowest BCUT2D eigenvalue weighted by molar-refractivity contribution is -0.143. The Bertz CT molecular complexity index is 266. The number of unbranched alkanes of at least 4 members (excludes halogenated alkanes) is 1. The van der Waals surface area contributed by atoms with Crippen LogP contribution in [0.1, 0.15) is 58.8 Å². The number of aliphatic carboxylic acids is 1. The second kappa shape index (κ2) is 7.10. The highest BCUT2D eigenvalue weighted by molar-refractivity contribution is 5.77. The van der Waals surface area contributed by atoms with Gasteiger partial charge in [0.25, 0.3) is 0 Å². The number of hydrogen-bond donors (Lipinski definition) is 2. The SMILES string of the molecule is CC1CCCCC1OCCCCC(C)(N)C(=O)O. The van der Waals surface area contributed by atoms with Crippen LogP contribution in [0.3, 0.4) is 0 Å². The summed E-state index contributed by atoms with van der Waals surface area (Å²) in [4.78, 5) is 10.8. The number of rotatable bonds is 7. The predicted octanol–water partition coefficient (Wildman–Crippen LogP) is 2.55. The van der Waals surface area contributed by atoms with Crippen LogP contribution in [0.2, 0.25) is 0 Å². The van der Waals surface area contributed by atoms with Gasteiger partial charge in [-0.15, -0.1) is 0 Å². The summed E-state index contributed by atoms with van der Waals surface area (Å²) >= 11 is 0. The van der Waals surface area contributed by atoms with Crippen molar-refractivity contribution in [1.82, 2.24) is 0 Å². The van der Waals surface area contributed by atoms with Crippen molar-refractivity contribution in [1.29, 1.82) is 0 Å². The van der Waals surface area contributed by atoms with E-state index in [4.69, 9.17) is 15.6 Å². The minimum atomic E-state index is -1.10. The first kappa shape index (κ1) is 15.4. The van der Waals surface area contributed by atoms with Crippen molar-refractivity contribution in [2.24, 2.45) is 11.7 Å². The van der Waals surface area contributed by atoms with Crippen molar-refractivity contribution in [3.05, 3.63) is 0 Å². The van der Waals surface area contributed by atoms with Crippen molar-refractivity contribution in [3.8, 4) is 0 Å². The van der Waals surface area contributed by atoms with Crippen LogP contribution in [0.4, 0.5) is 0 Å². The maximum atomic E-state index is 10.8. The summed E-state index contributed by atoms with van der Waals surface area (Å²) in [6, 6.07) is 0. The Morgan fingerprint density at radius 2 is 2.06 bits per heavy atom. The van der Waals surface area contributed by atoms with Gasteiger partial charge in [-0.05, 0) is 44.9 Å². The molecular formula is C14H27NO3. The Morgan fingerprint density at radius 1 is 1.39 bits per heavy atom. The van der Waals surface area contributed by atoms with E-state index in [9.17, 15) is 4.79 Å². The molecular weight excluding hydrogens is 230 g/mol. The molecule has 1 rings (SSSR count). The normalized spacial score (nSPS) is 27.7. The predicted molar refractivity (Wildman–Crippen MR) is 71.5 cm³/mol. The quantitative estimate of drug-likeness (QED) is 0.687. The van der Waals surface area contributed by atoms with Crippen LogP contribution in [0.15, 0.2) is 0 Å². The van der Waals surface area contributed by atoms with Crippen LogP contribution in [0.5, 0.6) is 0 Å². The zero-order chi connectivity index (χ0) is 13.6. The number of carbonyl (C=O) groups is 1. The number of carboxylic acid groups (broad SMARTS) is 1. The van der Waals surface area contributed by atoms with Gasteiger partial charge in [0.2, 0.25) is 0 Å². The van der Waals surface area contributed by atoms with E-state index in [0.717, 1.165) is 19.4 Å². The number of nitrogens with two attached hydrogens (primary N) is 1. The fourth-order valence-electron chi connectivity index (χ4n) is 2.47. The first-order valence-electron chi connectivity index (χ1n) is 7.07. The van der Waals surface area contributed by atoms with Crippen LogP contribution in [0.25, 0.3) is 0 Å². The molecule has 0 aromatic carbocycles. The average molecular weight is 257 g/mol. The Morgan fingerprint density at radius 3 is 2.67 bits per heavy atom. The van der Waals surface area contributed by atoms with Gasteiger partial charge < -0.3 is 15.6 Å². The molecule has 1 fully saturated rings. The van der Waals surface area contributed by atoms with Crippen LogP contribution in [-0.4, -0.2) is 29.3 Å². The molecule has 0 aliphatic heterocycles. The van der Waals surface area contributed by atoms with E-state index in [1.165, 1.54) is 25.7 Å². The molecule has 0 bridgehead atoms. The number of ether oxygens (including phenoxy) is 1.